The lowest BCUT2D eigenvalue weighted by atomic mass is 9.54. The van der Waals surface area contributed by atoms with Gasteiger partial charge in [-0.15, -0.1) is 0 Å². The topological polar surface area (TPSA) is 46.5 Å². The molecule has 1 N–H and O–H groups in total. The van der Waals surface area contributed by atoms with Crippen molar-refractivity contribution in [2.24, 2.45) is 22.7 Å². The van der Waals surface area contributed by atoms with Crippen LogP contribution in [0.1, 0.15) is 65.2 Å². The molecule has 0 aromatic rings. The maximum atomic E-state index is 12.6. The Morgan fingerprint density at radius 1 is 1.14 bits per heavy atom. The van der Waals surface area contributed by atoms with Gasteiger partial charge in [-0.1, -0.05) is 13.8 Å². The Hall–Kier alpha value is -0.830. The average molecular weight is 290 g/mol. The summed E-state index contributed by atoms with van der Waals surface area (Å²) in [5.74, 6) is 1.25. The molecule has 0 bridgehead atoms. The molecule has 0 radical (unpaired) electrons. The van der Waals surface area contributed by atoms with E-state index in [0.29, 0.717) is 12.3 Å². The smallest absolute Gasteiger partial charge is 0.314 e. The monoisotopic (exact) mass is 290 g/mol. The van der Waals surface area contributed by atoms with E-state index in [1.54, 1.807) is 0 Å². The number of carbonyl (C=O) groups is 1. The van der Waals surface area contributed by atoms with Crippen molar-refractivity contribution < 1.29 is 14.6 Å². The summed E-state index contributed by atoms with van der Waals surface area (Å²) >= 11 is 0. The molecule has 0 spiro atoms. The minimum atomic E-state index is -0.329. The van der Waals surface area contributed by atoms with E-state index in [4.69, 9.17) is 4.74 Å². The Morgan fingerprint density at radius 2 is 1.95 bits per heavy atom. The van der Waals surface area contributed by atoms with Gasteiger partial charge in [0.2, 0.25) is 0 Å². The van der Waals surface area contributed by atoms with Crippen LogP contribution in [0, 0.1) is 22.7 Å². The third-order valence-electron chi connectivity index (χ3n) is 7.09. The Balaban J connectivity index is 1.78. The Morgan fingerprint density at radius 3 is 2.76 bits per heavy atom. The third-order valence-corrected chi connectivity index (χ3v) is 7.09. The minimum absolute atomic E-state index is 0.000810. The zero-order valence-electron chi connectivity index (χ0n) is 13.2. The van der Waals surface area contributed by atoms with Crippen molar-refractivity contribution in [2.45, 2.75) is 71.3 Å². The van der Waals surface area contributed by atoms with Crippen LogP contribution in [0.3, 0.4) is 0 Å². The number of hydrogen-bond donors (Lipinski definition) is 1. The number of aliphatic hydroxyl groups is 1. The van der Waals surface area contributed by atoms with E-state index in [9.17, 15) is 9.90 Å². The van der Waals surface area contributed by atoms with Gasteiger partial charge in [0.25, 0.3) is 0 Å². The van der Waals surface area contributed by atoms with Crippen molar-refractivity contribution in [3.63, 3.8) is 0 Å². The summed E-state index contributed by atoms with van der Waals surface area (Å²) < 4.78 is 5.88. The van der Waals surface area contributed by atoms with Gasteiger partial charge in [-0.25, -0.2) is 0 Å². The van der Waals surface area contributed by atoms with Gasteiger partial charge < -0.3 is 9.84 Å². The maximum Gasteiger partial charge on any atom is 0.314 e. The van der Waals surface area contributed by atoms with E-state index >= 15 is 0 Å². The number of allylic oxidation sites excluding steroid dienone is 2. The fourth-order valence-corrected chi connectivity index (χ4v) is 5.64. The fourth-order valence-electron chi connectivity index (χ4n) is 5.64. The van der Waals surface area contributed by atoms with Gasteiger partial charge in [0.05, 0.1) is 12.0 Å². The largest absolute Gasteiger partial charge is 0.431 e. The normalized spacial score (nSPS) is 49.3. The molecule has 3 fully saturated rings. The van der Waals surface area contributed by atoms with E-state index in [-0.39, 0.29) is 28.8 Å². The molecule has 3 heteroatoms. The van der Waals surface area contributed by atoms with E-state index < -0.39 is 0 Å². The first-order valence-electron chi connectivity index (χ1n) is 8.57. The lowest BCUT2D eigenvalue weighted by Gasteiger charge is -2.53. The summed E-state index contributed by atoms with van der Waals surface area (Å²) in [6, 6.07) is 0. The zero-order chi connectivity index (χ0) is 14.8. The summed E-state index contributed by atoms with van der Waals surface area (Å²) in [4.78, 5) is 12.6. The van der Waals surface area contributed by atoms with Crippen LogP contribution in [0.2, 0.25) is 0 Å². The van der Waals surface area contributed by atoms with Gasteiger partial charge in [0.15, 0.2) is 0 Å². The number of fused-ring (bicyclic) bond motifs is 4. The van der Waals surface area contributed by atoms with Crippen LogP contribution in [0.4, 0.5) is 0 Å². The van der Waals surface area contributed by atoms with E-state index in [1.165, 1.54) is 24.8 Å². The van der Waals surface area contributed by atoms with Gasteiger partial charge >= 0.3 is 5.97 Å². The van der Waals surface area contributed by atoms with Crippen molar-refractivity contribution in [1.29, 1.82) is 0 Å². The number of ether oxygens (including phenoxy) is 1. The van der Waals surface area contributed by atoms with Crippen LogP contribution in [-0.4, -0.2) is 17.2 Å². The molecule has 3 aliphatic carbocycles. The second kappa shape index (κ2) is 4.34. The van der Waals surface area contributed by atoms with Gasteiger partial charge in [-0.3, -0.25) is 4.79 Å². The molecule has 116 valence electrons. The predicted molar refractivity (Wildman–Crippen MR) is 79.3 cm³/mol. The molecule has 21 heavy (non-hydrogen) atoms. The van der Waals surface area contributed by atoms with Gasteiger partial charge in [0.1, 0.15) is 5.76 Å². The highest BCUT2D eigenvalue weighted by atomic mass is 16.5. The first-order chi connectivity index (χ1) is 9.94. The summed E-state index contributed by atoms with van der Waals surface area (Å²) in [5, 5.41) is 9.95. The fraction of sp³-hybridized carbons (Fsp3) is 0.833. The molecule has 1 saturated heterocycles. The Bertz CT molecular complexity index is 523. The molecular formula is C18H26O3. The van der Waals surface area contributed by atoms with Crippen molar-refractivity contribution in [2.75, 3.05) is 0 Å². The molecule has 0 aromatic heterocycles. The molecule has 5 atom stereocenters. The summed E-state index contributed by atoms with van der Waals surface area (Å²) in [6.07, 6.45) is 8.01. The lowest BCUT2D eigenvalue weighted by Crippen LogP contribution is -2.52. The number of aliphatic hydroxyl groups excluding tert-OH is 1. The van der Waals surface area contributed by atoms with Gasteiger partial charge in [0, 0.05) is 5.92 Å². The van der Waals surface area contributed by atoms with E-state index in [2.05, 4.69) is 13.8 Å². The summed E-state index contributed by atoms with van der Waals surface area (Å²) in [7, 11) is 0. The zero-order valence-corrected chi connectivity index (χ0v) is 13.2. The van der Waals surface area contributed by atoms with Crippen molar-refractivity contribution in [3.8, 4) is 0 Å². The maximum absolute atomic E-state index is 12.6. The quantitative estimate of drug-likeness (QED) is 0.694. The van der Waals surface area contributed by atoms with Crippen LogP contribution in [0.5, 0.6) is 0 Å². The van der Waals surface area contributed by atoms with Crippen LogP contribution < -0.4 is 0 Å². The Kier molecular flexibility index (Phi) is 2.86. The van der Waals surface area contributed by atoms with Crippen molar-refractivity contribution in [1.82, 2.24) is 0 Å². The molecule has 1 aliphatic heterocycles. The number of hydrogen-bond acceptors (Lipinski definition) is 3. The first-order valence-corrected chi connectivity index (χ1v) is 8.57. The molecule has 2 saturated carbocycles. The van der Waals surface area contributed by atoms with Crippen LogP contribution in [-0.2, 0) is 9.53 Å². The highest BCUT2D eigenvalue weighted by Crippen LogP contribution is 2.62. The summed E-state index contributed by atoms with van der Waals surface area (Å²) in [5.41, 5.74) is 1.72. The SMILES string of the molecule is CC12CCCC1=C1OC(=O)C3CC(O)CCC3(C)C1CC2. The van der Waals surface area contributed by atoms with Crippen molar-refractivity contribution in [3.05, 3.63) is 11.3 Å². The molecule has 5 unspecified atom stereocenters. The number of esters is 1. The van der Waals surface area contributed by atoms with Crippen molar-refractivity contribution >= 4 is 5.97 Å². The highest BCUT2D eigenvalue weighted by Gasteiger charge is 2.57. The number of carbonyl (C=O) groups excluding carboxylic acids is 1. The Labute approximate surface area is 126 Å². The summed E-state index contributed by atoms with van der Waals surface area (Å²) in [6.45, 7) is 4.62. The molecular weight excluding hydrogens is 264 g/mol. The molecule has 1 heterocycles. The van der Waals surface area contributed by atoms with Gasteiger partial charge in [-0.05, 0) is 67.8 Å². The molecule has 0 amide bonds. The first kappa shape index (κ1) is 13.8. The average Bonchev–Trinajstić information content (AvgIpc) is 2.83. The minimum Gasteiger partial charge on any atom is -0.431 e. The van der Waals surface area contributed by atoms with Crippen LogP contribution in [0.25, 0.3) is 0 Å². The lowest BCUT2D eigenvalue weighted by molar-refractivity contribution is -0.170. The predicted octanol–water partition coefficient (Wildman–Crippen LogP) is 3.56. The highest BCUT2D eigenvalue weighted by molar-refractivity contribution is 5.76. The second-order valence-electron chi connectivity index (χ2n) is 8.26. The molecule has 0 aromatic carbocycles. The molecule has 4 rings (SSSR count). The van der Waals surface area contributed by atoms with Gasteiger partial charge in [-0.2, -0.15) is 0 Å². The standard InChI is InChI=1S/C18H26O3/c1-17-7-3-4-12(17)15-13(6-8-17)18(2)9-5-11(19)10-14(18)16(20)21-15/h11,13-14,19H,3-10H2,1-2H3. The third kappa shape index (κ3) is 1.79. The second-order valence-corrected chi connectivity index (χ2v) is 8.26. The molecule has 4 aliphatic rings. The molecule has 3 nitrogen and oxygen atoms in total. The van der Waals surface area contributed by atoms with E-state index in [1.807, 2.05) is 0 Å². The number of rotatable bonds is 0. The van der Waals surface area contributed by atoms with E-state index in [0.717, 1.165) is 31.4 Å². The van der Waals surface area contributed by atoms with Crippen LogP contribution in [0.15, 0.2) is 11.3 Å². The van der Waals surface area contributed by atoms with Crippen LogP contribution >= 0.6 is 0 Å².